The highest BCUT2D eigenvalue weighted by molar-refractivity contribution is 6.04. The Bertz CT molecular complexity index is 627. The summed E-state index contributed by atoms with van der Waals surface area (Å²) in [6.45, 7) is 5.26. The van der Waals surface area contributed by atoms with Gasteiger partial charge in [0, 0.05) is 17.8 Å². The van der Waals surface area contributed by atoms with Gasteiger partial charge in [0.1, 0.15) is 23.4 Å². The van der Waals surface area contributed by atoms with Gasteiger partial charge in [0.25, 0.3) is 0 Å². The third kappa shape index (κ3) is 4.13. The Morgan fingerprint density at radius 3 is 2.57 bits per heavy atom. The Balaban J connectivity index is 2.02. The van der Waals surface area contributed by atoms with E-state index in [2.05, 4.69) is 15.5 Å². The van der Waals surface area contributed by atoms with Crippen LogP contribution in [0.5, 0.6) is 0 Å². The zero-order valence-electron chi connectivity index (χ0n) is 12.0. The van der Waals surface area contributed by atoms with Crippen LogP contribution in [0.3, 0.4) is 0 Å². The maximum Gasteiger partial charge on any atom is 0.413 e. The summed E-state index contributed by atoms with van der Waals surface area (Å²) >= 11 is 0. The monoisotopic (exact) mass is 288 g/mol. The summed E-state index contributed by atoms with van der Waals surface area (Å²) < 4.78 is 9.82. The number of pyridine rings is 1. The lowest BCUT2D eigenvalue weighted by Crippen LogP contribution is -2.36. The van der Waals surface area contributed by atoms with Crippen molar-refractivity contribution in [2.75, 3.05) is 0 Å². The fraction of sp³-hybridized carbons (Fsp3) is 0.286. The maximum absolute atomic E-state index is 11.6. The highest BCUT2D eigenvalue weighted by Gasteiger charge is 2.17. The molecule has 110 valence electrons. The van der Waals surface area contributed by atoms with E-state index >= 15 is 0 Å². The van der Waals surface area contributed by atoms with Crippen LogP contribution >= 0.6 is 0 Å². The molecule has 0 radical (unpaired) electrons. The molecule has 2 rings (SSSR count). The number of rotatable bonds is 2. The van der Waals surface area contributed by atoms with Crippen molar-refractivity contribution in [2.24, 2.45) is 0 Å². The molecular formula is C14H16N4O3. The van der Waals surface area contributed by atoms with Crippen molar-refractivity contribution in [2.45, 2.75) is 26.4 Å². The van der Waals surface area contributed by atoms with E-state index in [1.807, 2.05) is 0 Å². The summed E-state index contributed by atoms with van der Waals surface area (Å²) in [5.41, 5.74) is 1.08. The number of hydrogen-bond donors (Lipinski definition) is 2. The first-order valence-electron chi connectivity index (χ1n) is 6.31. The van der Waals surface area contributed by atoms with Crippen LogP contribution in [0, 0.1) is 5.41 Å². The van der Waals surface area contributed by atoms with Crippen molar-refractivity contribution < 1.29 is 14.1 Å². The van der Waals surface area contributed by atoms with Crippen molar-refractivity contribution in [1.29, 1.82) is 5.41 Å². The molecule has 2 aromatic heterocycles. The molecule has 2 N–H and O–H groups in total. The largest absolute Gasteiger partial charge is 0.444 e. The van der Waals surface area contributed by atoms with Gasteiger partial charge in [-0.15, -0.1) is 0 Å². The fourth-order valence-corrected chi connectivity index (χ4v) is 1.52. The number of amides is 1. The SMILES string of the molecule is CC(C)(C)OC(=O)NC(=N)c1ccc(-c2ccon2)nc1. The molecule has 7 heteroatoms. The number of nitrogens with one attached hydrogen (secondary N) is 2. The molecule has 1 amide bonds. The van der Waals surface area contributed by atoms with Crippen LogP contribution in [0.1, 0.15) is 26.3 Å². The third-order valence-electron chi connectivity index (χ3n) is 2.38. The minimum absolute atomic E-state index is 0.0801. The number of carbonyl (C=O) groups is 1. The first-order valence-corrected chi connectivity index (χ1v) is 6.31. The van der Waals surface area contributed by atoms with Crippen LogP contribution in [-0.2, 0) is 4.74 Å². The van der Waals surface area contributed by atoms with E-state index in [9.17, 15) is 4.79 Å². The molecule has 2 aromatic rings. The van der Waals surface area contributed by atoms with Gasteiger partial charge in [0.2, 0.25) is 0 Å². The topological polar surface area (TPSA) is 101 Å². The van der Waals surface area contributed by atoms with Crippen LogP contribution in [0.15, 0.2) is 35.2 Å². The van der Waals surface area contributed by atoms with E-state index in [4.69, 9.17) is 14.7 Å². The summed E-state index contributed by atoms with van der Waals surface area (Å²) in [7, 11) is 0. The number of hydrogen-bond acceptors (Lipinski definition) is 6. The molecule has 0 aliphatic rings. The van der Waals surface area contributed by atoms with Crippen molar-refractivity contribution in [3.8, 4) is 11.4 Å². The first kappa shape index (κ1) is 14.7. The van der Waals surface area contributed by atoms with Crippen LogP contribution in [0.2, 0.25) is 0 Å². The quantitative estimate of drug-likeness (QED) is 0.653. The molecule has 21 heavy (non-hydrogen) atoms. The lowest BCUT2D eigenvalue weighted by molar-refractivity contribution is 0.0563. The molecule has 0 aliphatic carbocycles. The summed E-state index contributed by atoms with van der Waals surface area (Å²) in [5.74, 6) is -0.0801. The second-order valence-electron chi connectivity index (χ2n) is 5.32. The molecule has 0 unspecified atom stereocenters. The van der Waals surface area contributed by atoms with E-state index < -0.39 is 11.7 Å². The molecule has 0 aliphatic heterocycles. The Hall–Kier alpha value is -2.70. The summed E-state index contributed by atoms with van der Waals surface area (Å²) in [4.78, 5) is 15.7. The third-order valence-corrected chi connectivity index (χ3v) is 2.38. The number of alkyl carbamates (subject to hydrolysis) is 1. The van der Waals surface area contributed by atoms with Crippen LogP contribution in [-0.4, -0.2) is 27.7 Å². The summed E-state index contributed by atoms with van der Waals surface area (Å²) in [5, 5.41) is 14.0. The predicted molar refractivity (Wildman–Crippen MR) is 75.9 cm³/mol. The number of aromatic nitrogens is 2. The van der Waals surface area contributed by atoms with Gasteiger partial charge in [-0.1, -0.05) is 5.16 Å². The molecule has 0 spiro atoms. The molecular weight excluding hydrogens is 272 g/mol. The van der Waals surface area contributed by atoms with Gasteiger partial charge in [0.05, 0.1) is 5.69 Å². The average Bonchev–Trinajstić information content (AvgIpc) is 2.90. The van der Waals surface area contributed by atoms with E-state index in [0.29, 0.717) is 17.0 Å². The van der Waals surface area contributed by atoms with Crippen LogP contribution < -0.4 is 5.32 Å². The van der Waals surface area contributed by atoms with Crippen molar-refractivity contribution in [3.05, 3.63) is 36.2 Å². The van der Waals surface area contributed by atoms with E-state index in [0.717, 1.165) is 0 Å². The van der Waals surface area contributed by atoms with Crippen molar-refractivity contribution in [1.82, 2.24) is 15.5 Å². The minimum Gasteiger partial charge on any atom is -0.444 e. The standard InChI is InChI=1S/C14H16N4O3/c1-14(2,3)21-13(19)17-12(15)9-4-5-10(16-8-9)11-6-7-20-18-11/h4-8H,1-3H3,(H2,15,17,19). The Morgan fingerprint density at radius 1 is 1.29 bits per heavy atom. The van der Waals surface area contributed by atoms with Crippen LogP contribution in [0.25, 0.3) is 11.4 Å². The van der Waals surface area contributed by atoms with Gasteiger partial charge >= 0.3 is 6.09 Å². The van der Waals surface area contributed by atoms with Gasteiger partial charge in [-0.3, -0.25) is 15.7 Å². The Labute approximate surface area is 121 Å². The lowest BCUT2D eigenvalue weighted by atomic mass is 10.2. The summed E-state index contributed by atoms with van der Waals surface area (Å²) in [6.07, 6.45) is 2.26. The lowest BCUT2D eigenvalue weighted by Gasteiger charge is -2.19. The van der Waals surface area contributed by atoms with Gasteiger partial charge in [-0.2, -0.15) is 0 Å². The first-order chi connectivity index (χ1) is 9.85. The fourth-order valence-electron chi connectivity index (χ4n) is 1.52. The highest BCUT2D eigenvalue weighted by atomic mass is 16.6. The van der Waals surface area contributed by atoms with Gasteiger partial charge in [-0.05, 0) is 32.9 Å². The second-order valence-corrected chi connectivity index (χ2v) is 5.32. The number of ether oxygens (including phenoxy) is 1. The van der Waals surface area contributed by atoms with Gasteiger partial charge < -0.3 is 9.26 Å². The smallest absolute Gasteiger partial charge is 0.413 e. The molecule has 2 heterocycles. The Kier molecular flexibility index (Phi) is 4.02. The van der Waals surface area contributed by atoms with Gasteiger partial charge in [0.15, 0.2) is 0 Å². The highest BCUT2D eigenvalue weighted by Crippen LogP contribution is 2.14. The van der Waals surface area contributed by atoms with Crippen molar-refractivity contribution >= 4 is 11.9 Å². The molecule has 0 saturated heterocycles. The molecule has 7 nitrogen and oxygen atoms in total. The molecule has 0 bridgehead atoms. The Morgan fingerprint density at radius 2 is 2.05 bits per heavy atom. The molecule has 0 fully saturated rings. The average molecular weight is 288 g/mol. The maximum atomic E-state index is 11.6. The van der Waals surface area contributed by atoms with Crippen LogP contribution in [0.4, 0.5) is 4.79 Å². The number of amidine groups is 1. The molecule has 0 aromatic carbocycles. The molecule has 0 saturated carbocycles. The van der Waals surface area contributed by atoms with E-state index in [-0.39, 0.29) is 5.84 Å². The van der Waals surface area contributed by atoms with E-state index in [1.54, 1.807) is 39.0 Å². The number of carbonyl (C=O) groups excluding carboxylic acids is 1. The van der Waals surface area contributed by atoms with Crippen molar-refractivity contribution in [3.63, 3.8) is 0 Å². The predicted octanol–water partition coefficient (Wildman–Crippen LogP) is 2.59. The minimum atomic E-state index is -0.673. The van der Waals surface area contributed by atoms with E-state index in [1.165, 1.54) is 12.5 Å². The second kappa shape index (κ2) is 5.74. The zero-order valence-corrected chi connectivity index (χ0v) is 12.0. The normalized spacial score (nSPS) is 11.0. The molecule has 0 atom stereocenters. The van der Waals surface area contributed by atoms with Gasteiger partial charge in [-0.25, -0.2) is 4.79 Å². The summed E-state index contributed by atoms with van der Waals surface area (Å²) in [6, 6.07) is 5.04. The zero-order chi connectivity index (χ0) is 15.5. The number of nitrogens with zero attached hydrogens (tertiary/aromatic N) is 2.